The lowest BCUT2D eigenvalue weighted by atomic mass is 10.1. The van der Waals surface area contributed by atoms with Crippen LogP contribution in [0.3, 0.4) is 0 Å². The molecule has 1 saturated heterocycles. The summed E-state index contributed by atoms with van der Waals surface area (Å²) in [7, 11) is 0. The van der Waals surface area contributed by atoms with Crippen LogP contribution >= 0.6 is 11.3 Å². The number of carbonyl (C=O) groups excluding carboxylic acids is 1. The van der Waals surface area contributed by atoms with Gasteiger partial charge in [-0.15, -0.1) is 11.3 Å². The molecule has 5 nitrogen and oxygen atoms in total. The van der Waals surface area contributed by atoms with Gasteiger partial charge in [-0.3, -0.25) is 4.79 Å². The lowest BCUT2D eigenvalue weighted by Gasteiger charge is -2.25. The molecule has 0 unspecified atom stereocenters. The van der Waals surface area contributed by atoms with Gasteiger partial charge in [0.1, 0.15) is 0 Å². The zero-order valence-corrected chi connectivity index (χ0v) is 14.6. The standard InChI is InChI=1S/C18H22N2O3S/c1-11-16(23-17(19-11)12-6-7-12)18(22)20-8-2-4-13(20)10-14(21)15-5-3-9-24-15/h3,5,9,12-14,21H,2,4,6-8,10H2,1H3/t13-,14+/m1/s1. The van der Waals surface area contributed by atoms with Crippen LogP contribution in [0.25, 0.3) is 0 Å². The maximum atomic E-state index is 12.9. The van der Waals surface area contributed by atoms with Crippen molar-refractivity contribution >= 4 is 17.2 Å². The quantitative estimate of drug-likeness (QED) is 0.897. The summed E-state index contributed by atoms with van der Waals surface area (Å²) >= 11 is 1.55. The first-order valence-electron chi connectivity index (χ1n) is 8.63. The van der Waals surface area contributed by atoms with E-state index in [9.17, 15) is 9.90 Å². The molecule has 6 heteroatoms. The summed E-state index contributed by atoms with van der Waals surface area (Å²) in [5.74, 6) is 1.42. The van der Waals surface area contributed by atoms with Crippen molar-refractivity contribution in [1.82, 2.24) is 9.88 Å². The van der Waals surface area contributed by atoms with E-state index >= 15 is 0 Å². The van der Waals surface area contributed by atoms with E-state index in [-0.39, 0.29) is 11.9 Å². The molecular formula is C18H22N2O3S. The summed E-state index contributed by atoms with van der Waals surface area (Å²) in [5, 5.41) is 12.4. The highest BCUT2D eigenvalue weighted by atomic mass is 32.1. The maximum Gasteiger partial charge on any atom is 0.291 e. The Balaban J connectivity index is 1.48. The lowest BCUT2D eigenvalue weighted by molar-refractivity contribution is 0.0637. The summed E-state index contributed by atoms with van der Waals surface area (Å²) in [5.41, 5.74) is 0.686. The molecule has 1 amide bonds. The van der Waals surface area contributed by atoms with E-state index in [1.54, 1.807) is 11.3 Å². The Labute approximate surface area is 145 Å². The second kappa shape index (κ2) is 6.33. The molecule has 2 aliphatic rings. The molecule has 2 aromatic rings. The van der Waals surface area contributed by atoms with E-state index in [1.165, 1.54) is 0 Å². The molecule has 0 aromatic carbocycles. The molecule has 1 N–H and O–H groups in total. The molecule has 1 saturated carbocycles. The summed E-state index contributed by atoms with van der Waals surface area (Å²) < 4.78 is 5.78. The lowest BCUT2D eigenvalue weighted by Crippen LogP contribution is -2.36. The normalized spacial score (nSPS) is 22.1. The van der Waals surface area contributed by atoms with Crippen molar-refractivity contribution in [3.05, 3.63) is 39.7 Å². The van der Waals surface area contributed by atoms with Crippen molar-refractivity contribution in [3.63, 3.8) is 0 Å². The molecule has 24 heavy (non-hydrogen) atoms. The third kappa shape index (κ3) is 3.00. The maximum absolute atomic E-state index is 12.9. The molecular weight excluding hydrogens is 324 g/mol. The minimum Gasteiger partial charge on any atom is -0.435 e. The Hall–Kier alpha value is -1.66. The van der Waals surface area contributed by atoms with Crippen LogP contribution in [0.5, 0.6) is 0 Å². The molecule has 2 aromatic heterocycles. The fraction of sp³-hybridized carbons (Fsp3) is 0.556. The Morgan fingerprint density at radius 2 is 2.33 bits per heavy atom. The number of oxazole rings is 1. The van der Waals surface area contributed by atoms with Crippen molar-refractivity contribution in [3.8, 4) is 0 Å². The zero-order valence-electron chi connectivity index (χ0n) is 13.8. The number of carbonyl (C=O) groups is 1. The van der Waals surface area contributed by atoms with E-state index in [0.29, 0.717) is 29.7 Å². The molecule has 4 rings (SSSR count). The van der Waals surface area contributed by atoms with E-state index < -0.39 is 6.10 Å². The van der Waals surface area contributed by atoms with Gasteiger partial charge in [-0.25, -0.2) is 4.98 Å². The van der Waals surface area contributed by atoms with Crippen LogP contribution in [0.1, 0.15) is 71.1 Å². The van der Waals surface area contributed by atoms with Crippen molar-refractivity contribution in [2.45, 2.75) is 57.1 Å². The van der Waals surface area contributed by atoms with Crippen LogP contribution in [-0.2, 0) is 0 Å². The van der Waals surface area contributed by atoms with E-state index in [1.807, 2.05) is 29.3 Å². The van der Waals surface area contributed by atoms with Crippen LogP contribution in [0, 0.1) is 6.92 Å². The zero-order chi connectivity index (χ0) is 16.7. The number of hydrogen-bond donors (Lipinski definition) is 1. The number of thiophene rings is 1. The van der Waals surface area contributed by atoms with E-state index in [0.717, 1.165) is 37.1 Å². The average Bonchev–Trinajstić information content (AvgIpc) is 2.99. The van der Waals surface area contributed by atoms with Crippen molar-refractivity contribution < 1.29 is 14.3 Å². The van der Waals surface area contributed by atoms with Crippen LogP contribution < -0.4 is 0 Å². The molecule has 128 valence electrons. The number of aliphatic hydroxyl groups excluding tert-OH is 1. The van der Waals surface area contributed by atoms with Gasteiger partial charge in [0, 0.05) is 23.4 Å². The summed E-state index contributed by atoms with van der Waals surface area (Å²) in [4.78, 5) is 20.2. The largest absolute Gasteiger partial charge is 0.435 e. The molecule has 2 atom stereocenters. The first-order chi connectivity index (χ1) is 11.6. The Kier molecular flexibility index (Phi) is 4.18. The Morgan fingerprint density at radius 1 is 1.50 bits per heavy atom. The third-order valence-corrected chi connectivity index (χ3v) is 5.91. The number of likely N-dealkylation sites (tertiary alicyclic amines) is 1. The van der Waals surface area contributed by atoms with Crippen molar-refractivity contribution in [2.75, 3.05) is 6.54 Å². The highest BCUT2D eigenvalue weighted by Crippen LogP contribution is 2.40. The van der Waals surface area contributed by atoms with Gasteiger partial charge in [0.25, 0.3) is 5.91 Å². The number of nitrogens with zero attached hydrogens (tertiary/aromatic N) is 2. The summed E-state index contributed by atoms with van der Waals surface area (Å²) in [6.45, 7) is 2.56. The van der Waals surface area contributed by atoms with Gasteiger partial charge >= 0.3 is 0 Å². The predicted molar refractivity (Wildman–Crippen MR) is 91.2 cm³/mol. The van der Waals surface area contributed by atoms with Gasteiger partial charge in [0.2, 0.25) is 5.76 Å². The fourth-order valence-electron chi connectivity index (χ4n) is 3.45. The number of rotatable bonds is 5. The van der Waals surface area contributed by atoms with Gasteiger partial charge in [0.15, 0.2) is 5.89 Å². The minimum absolute atomic E-state index is 0.0588. The SMILES string of the molecule is Cc1nc(C2CC2)oc1C(=O)N1CCC[C@@H]1C[C@H](O)c1cccs1. The van der Waals surface area contributed by atoms with Crippen LogP contribution in [-0.4, -0.2) is 33.5 Å². The molecule has 0 spiro atoms. The Bertz CT molecular complexity index is 721. The number of aryl methyl sites for hydroxylation is 1. The predicted octanol–water partition coefficient (Wildman–Crippen LogP) is 3.65. The topological polar surface area (TPSA) is 66.6 Å². The summed E-state index contributed by atoms with van der Waals surface area (Å²) in [6, 6.07) is 3.94. The first-order valence-corrected chi connectivity index (χ1v) is 9.51. The second-order valence-corrected chi connectivity index (χ2v) is 7.78. The Morgan fingerprint density at radius 3 is 3.04 bits per heavy atom. The third-order valence-electron chi connectivity index (χ3n) is 4.94. The van der Waals surface area contributed by atoms with Gasteiger partial charge in [-0.1, -0.05) is 6.07 Å². The minimum atomic E-state index is -0.513. The van der Waals surface area contributed by atoms with Crippen LogP contribution in [0.15, 0.2) is 21.9 Å². The fourth-order valence-corrected chi connectivity index (χ4v) is 4.18. The molecule has 0 bridgehead atoms. The number of amides is 1. The number of aromatic nitrogens is 1. The van der Waals surface area contributed by atoms with E-state index in [2.05, 4.69) is 4.98 Å². The highest BCUT2D eigenvalue weighted by Gasteiger charge is 2.36. The van der Waals surface area contributed by atoms with Crippen LogP contribution in [0.2, 0.25) is 0 Å². The molecule has 0 radical (unpaired) electrons. The van der Waals surface area contributed by atoms with Gasteiger partial charge in [-0.05, 0) is 50.5 Å². The van der Waals surface area contributed by atoms with Gasteiger partial charge < -0.3 is 14.4 Å². The molecule has 2 fully saturated rings. The monoisotopic (exact) mass is 346 g/mol. The average molecular weight is 346 g/mol. The van der Waals surface area contributed by atoms with Gasteiger partial charge in [-0.2, -0.15) is 0 Å². The van der Waals surface area contributed by atoms with Crippen molar-refractivity contribution in [2.24, 2.45) is 0 Å². The van der Waals surface area contributed by atoms with Gasteiger partial charge in [0.05, 0.1) is 11.8 Å². The van der Waals surface area contributed by atoms with Crippen molar-refractivity contribution in [1.29, 1.82) is 0 Å². The first kappa shape index (κ1) is 15.8. The molecule has 1 aliphatic carbocycles. The summed E-state index contributed by atoms with van der Waals surface area (Å²) in [6.07, 6.45) is 4.17. The molecule has 3 heterocycles. The number of aliphatic hydroxyl groups is 1. The highest BCUT2D eigenvalue weighted by molar-refractivity contribution is 7.10. The second-order valence-electron chi connectivity index (χ2n) is 6.80. The number of hydrogen-bond acceptors (Lipinski definition) is 5. The smallest absolute Gasteiger partial charge is 0.291 e. The molecule has 1 aliphatic heterocycles. The van der Waals surface area contributed by atoms with Crippen LogP contribution in [0.4, 0.5) is 0 Å². The van der Waals surface area contributed by atoms with E-state index in [4.69, 9.17) is 4.42 Å².